The lowest BCUT2D eigenvalue weighted by molar-refractivity contribution is 0.0592. The van der Waals surface area contributed by atoms with Crippen LogP contribution < -0.4 is 10.1 Å². The number of aromatic nitrogens is 1. The van der Waals surface area contributed by atoms with Crippen LogP contribution in [0.2, 0.25) is 5.02 Å². The first kappa shape index (κ1) is 29.8. The third-order valence-electron chi connectivity index (χ3n) is 7.90. The number of halogens is 2. The number of pyridine rings is 1. The van der Waals surface area contributed by atoms with E-state index in [1.165, 1.54) is 17.4 Å². The molecule has 2 heterocycles. The van der Waals surface area contributed by atoms with Gasteiger partial charge < -0.3 is 20.1 Å². The molecule has 4 aromatic rings. The normalized spacial score (nSPS) is 16.8. The van der Waals surface area contributed by atoms with Crippen molar-refractivity contribution in [2.24, 2.45) is 5.92 Å². The van der Waals surface area contributed by atoms with Crippen molar-refractivity contribution in [2.75, 3.05) is 13.7 Å². The number of aryl methyl sites for hydroxylation is 2. The van der Waals surface area contributed by atoms with Crippen LogP contribution in [0.1, 0.15) is 52.3 Å². The van der Waals surface area contributed by atoms with Crippen LogP contribution in [0.15, 0.2) is 48.5 Å². The largest absolute Gasteiger partial charge is 0.496 e. The SMILES string of the molecule is COc1ccc(-c2cc(C)nc(C)c2)cc1CN(C(=O)c1sc2cccc(F)c2c1Cl)C1CCC(CNC(=O)O)CC1. The number of ether oxygens (including phenoxy) is 1. The van der Waals surface area contributed by atoms with Crippen molar-refractivity contribution >= 4 is 45.0 Å². The maximum atomic E-state index is 14.7. The molecule has 2 amide bonds. The highest BCUT2D eigenvalue weighted by molar-refractivity contribution is 7.21. The van der Waals surface area contributed by atoms with E-state index in [9.17, 15) is 14.0 Å². The van der Waals surface area contributed by atoms with Crippen LogP contribution in [0.4, 0.5) is 9.18 Å². The molecule has 10 heteroatoms. The Balaban J connectivity index is 1.51. The number of nitrogens with one attached hydrogen (secondary N) is 1. The van der Waals surface area contributed by atoms with Crippen molar-refractivity contribution in [3.05, 3.63) is 81.2 Å². The fraction of sp³-hybridized carbons (Fsp3) is 0.344. The summed E-state index contributed by atoms with van der Waals surface area (Å²) in [7, 11) is 1.61. The summed E-state index contributed by atoms with van der Waals surface area (Å²) < 4.78 is 21.0. The first-order valence-corrected chi connectivity index (χ1v) is 15.1. The Labute approximate surface area is 253 Å². The standard InChI is InChI=1S/C32H33ClFN3O4S/c1-18-13-22(14-19(2)36-18)21-9-12-26(41-3)23(15-21)17-37(24-10-7-20(8-11-24)16-35-32(39)40)31(38)30-29(33)28-25(34)5-4-6-27(28)42-30/h4-6,9,12-15,20,24,35H,7-8,10-11,16-17H2,1-3H3,(H,39,40). The zero-order chi connectivity index (χ0) is 30.0. The summed E-state index contributed by atoms with van der Waals surface area (Å²) in [5.41, 5.74) is 4.68. The van der Waals surface area contributed by atoms with Crippen molar-refractivity contribution in [2.45, 2.75) is 52.1 Å². The summed E-state index contributed by atoms with van der Waals surface area (Å²) in [6, 6.07) is 14.6. The number of nitrogens with zero attached hydrogens (tertiary/aromatic N) is 2. The number of rotatable bonds is 8. The summed E-state index contributed by atoms with van der Waals surface area (Å²) in [6.07, 6.45) is 1.93. The van der Waals surface area contributed by atoms with E-state index >= 15 is 0 Å². The molecule has 2 aromatic carbocycles. The minimum Gasteiger partial charge on any atom is -0.496 e. The van der Waals surface area contributed by atoms with Crippen molar-refractivity contribution in [1.82, 2.24) is 15.2 Å². The molecule has 2 aromatic heterocycles. The number of carbonyl (C=O) groups excluding carboxylic acids is 1. The molecule has 0 spiro atoms. The van der Waals surface area contributed by atoms with E-state index in [4.69, 9.17) is 21.4 Å². The second-order valence-corrected chi connectivity index (χ2v) is 12.2. The molecule has 1 aliphatic carbocycles. The Morgan fingerprint density at radius 1 is 1.10 bits per heavy atom. The summed E-state index contributed by atoms with van der Waals surface area (Å²) >= 11 is 7.86. The molecule has 1 aliphatic rings. The topological polar surface area (TPSA) is 91.8 Å². The Morgan fingerprint density at radius 3 is 2.45 bits per heavy atom. The van der Waals surface area contributed by atoms with Crippen LogP contribution in [0.5, 0.6) is 5.75 Å². The third-order valence-corrected chi connectivity index (χ3v) is 9.53. The minimum absolute atomic E-state index is 0.108. The van der Waals surface area contributed by atoms with Gasteiger partial charge in [0.25, 0.3) is 5.91 Å². The molecule has 1 saturated carbocycles. The number of amides is 2. The van der Waals surface area contributed by atoms with Gasteiger partial charge in [-0.2, -0.15) is 0 Å². The highest BCUT2D eigenvalue weighted by Crippen LogP contribution is 2.40. The predicted molar refractivity (Wildman–Crippen MR) is 164 cm³/mol. The maximum Gasteiger partial charge on any atom is 0.404 e. The smallest absolute Gasteiger partial charge is 0.404 e. The molecule has 7 nitrogen and oxygen atoms in total. The highest BCUT2D eigenvalue weighted by Gasteiger charge is 2.33. The lowest BCUT2D eigenvalue weighted by Gasteiger charge is -2.37. The van der Waals surface area contributed by atoms with Crippen LogP contribution in [-0.2, 0) is 6.54 Å². The minimum atomic E-state index is -1.04. The van der Waals surface area contributed by atoms with Crippen LogP contribution in [0, 0.1) is 25.6 Å². The quantitative estimate of drug-likeness (QED) is 0.212. The Kier molecular flexibility index (Phi) is 8.99. The molecule has 42 heavy (non-hydrogen) atoms. The van der Waals surface area contributed by atoms with Crippen LogP contribution >= 0.6 is 22.9 Å². The molecule has 0 atom stereocenters. The van der Waals surface area contributed by atoms with E-state index < -0.39 is 11.9 Å². The molecular formula is C32H33ClFN3O4S. The Hall–Kier alpha value is -3.69. The van der Waals surface area contributed by atoms with Crippen molar-refractivity contribution in [1.29, 1.82) is 0 Å². The van der Waals surface area contributed by atoms with E-state index in [1.807, 2.05) is 49.1 Å². The number of carboxylic acid groups (broad SMARTS) is 1. The lowest BCUT2D eigenvalue weighted by Crippen LogP contribution is -2.43. The summed E-state index contributed by atoms with van der Waals surface area (Å²) in [4.78, 5) is 31.9. The average molecular weight is 610 g/mol. The van der Waals surface area contributed by atoms with E-state index in [2.05, 4.69) is 10.3 Å². The Morgan fingerprint density at radius 2 is 1.81 bits per heavy atom. The second kappa shape index (κ2) is 12.7. The Bertz CT molecular complexity index is 1610. The number of hydrogen-bond acceptors (Lipinski definition) is 5. The molecule has 0 saturated heterocycles. The molecule has 0 unspecified atom stereocenters. The summed E-state index contributed by atoms with van der Waals surface area (Å²) in [5, 5.41) is 11.9. The predicted octanol–water partition coefficient (Wildman–Crippen LogP) is 7.85. The number of hydrogen-bond donors (Lipinski definition) is 2. The second-order valence-electron chi connectivity index (χ2n) is 10.8. The summed E-state index contributed by atoms with van der Waals surface area (Å²) in [6.45, 7) is 4.58. The van der Waals surface area contributed by atoms with Gasteiger partial charge in [-0.15, -0.1) is 11.3 Å². The van der Waals surface area contributed by atoms with Crippen LogP contribution in [0.25, 0.3) is 21.2 Å². The zero-order valence-corrected chi connectivity index (χ0v) is 25.3. The van der Waals surface area contributed by atoms with Gasteiger partial charge in [0.05, 0.1) is 12.1 Å². The zero-order valence-electron chi connectivity index (χ0n) is 23.7. The van der Waals surface area contributed by atoms with E-state index in [1.54, 1.807) is 19.2 Å². The number of methoxy groups -OCH3 is 1. The van der Waals surface area contributed by atoms with Gasteiger partial charge >= 0.3 is 6.09 Å². The van der Waals surface area contributed by atoms with Crippen molar-refractivity contribution in [3.8, 4) is 16.9 Å². The molecule has 2 N–H and O–H groups in total. The molecule has 0 radical (unpaired) electrons. The van der Waals surface area contributed by atoms with E-state index in [-0.39, 0.29) is 34.8 Å². The van der Waals surface area contributed by atoms with Gasteiger partial charge in [-0.05, 0) is 93.0 Å². The van der Waals surface area contributed by atoms with Gasteiger partial charge in [0, 0.05) is 46.2 Å². The number of thiophene rings is 1. The van der Waals surface area contributed by atoms with Crippen LogP contribution in [-0.4, -0.2) is 46.7 Å². The van der Waals surface area contributed by atoms with Gasteiger partial charge in [0.2, 0.25) is 0 Å². The van der Waals surface area contributed by atoms with Gasteiger partial charge in [-0.1, -0.05) is 23.7 Å². The third kappa shape index (κ3) is 6.37. The molecule has 0 aliphatic heterocycles. The summed E-state index contributed by atoms with van der Waals surface area (Å²) in [5.74, 6) is 0.151. The van der Waals surface area contributed by atoms with Gasteiger partial charge in [-0.3, -0.25) is 9.78 Å². The highest BCUT2D eigenvalue weighted by atomic mass is 35.5. The van der Waals surface area contributed by atoms with E-state index in [0.717, 1.165) is 40.9 Å². The van der Waals surface area contributed by atoms with Crippen molar-refractivity contribution in [3.63, 3.8) is 0 Å². The maximum absolute atomic E-state index is 14.7. The first-order chi connectivity index (χ1) is 20.1. The lowest BCUT2D eigenvalue weighted by atomic mass is 9.85. The molecule has 220 valence electrons. The van der Waals surface area contributed by atoms with Gasteiger partial charge in [-0.25, -0.2) is 9.18 Å². The fourth-order valence-corrected chi connectivity index (χ4v) is 7.37. The molecule has 0 bridgehead atoms. The molecule has 1 fully saturated rings. The average Bonchev–Trinajstić information content (AvgIpc) is 3.31. The fourth-order valence-electron chi connectivity index (χ4n) is 5.86. The monoisotopic (exact) mass is 609 g/mol. The van der Waals surface area contributed by atoms with Gasteiger partial charge in [0.15, 0.2) is 0 Å². The molecule has 5 rings (SSSR count). The number of benzene rings is 2. The number of carbonyl (C=O) groups is 2. The van der Waals surface area contributed by atoms with Gasteiger partial charge in [0.1, 0.15) is 16.4 Å². The number of fused-ring (bicyclic) bond motifs is 1. The van der Waals surface area contributed by atoms with Crippen molar-refractivity contribution < 1.29 is 23.8 Å². The molecular weight excluding hydrogens is 577 g/mol. The van der Waals surface area contributed by atoms with Crippen LogP contribution in [0.3, 0.4) is 0 Å². The first-order valence-electron chi connectivity index (χ1n) is 13.9. The van der Waals surface area contributed by atoms with E-state index in [0.29, 0.717) is 34.7 Å².